The molecule has 172 valence electrons. The summed E-state index contributed by atoms with van der Waals surface area (Å²) >= 11 is 0. The quantitative estimate of drug-likeness (QED) is 0.689. The lowest BCUT2D eigenvalue weighted by atomic mass is 9.58. The van der Waals surface area contributed by atoms with Gasteiger partial charge < -0.3 is 25.1 Å². The second-order valence-corrected chi connectivity index (χ2v) is 10.1. The third-order valence-electron chi connectivity index (χ3n) is 8.13. The molecule has 4 aliphatic heterocycles. The Kier molecular flexibility index (Phi) is 5.66. The first-order valence-electron chi connectivity index (χ1n) is 11.6. The summed E-state index contributed by atoms with van der Waals surface area (Å²) in [6.45, 7) is 6.44. The maximum absolute atomic E-state index is 10.6. The summed E-state index contributed by atoms with van der Waals surface area (Å²) in [5.74, 6) is 0.296. The highest BCUT2D eigenvalue weighted by Gasteiger charge is 2.69. The maximum atomic E-state index is 10.6. The zero-order valence-corrected chi connectivity index (χ0v) is 18.6. The normalized spacial score (nSPS) is 46.1. The van der Waals surface area contributed by atoms with Crippen molar-refractivity contribution < 1.29 is 29.1 Å². The average Bonchev–Trinajstić information content (AvgIpc) is 3.01. The van der Waals surface area contributed by atoms with Gasteiger partial charge in [-0.25, -0.2) is 9.78 Å². The van der Waals surface area contributed by atoms with E-state index in [0.29, 0.717) is 11.8 Å². The van der Waals surface area contributed by atoms with E-state index >= 15 is 0 Å². The largest absolute Gasteiger partial charge is 0.389 e. The van der Waals surface area contributed by atoms with E-state index in [0.717, 1.165) is 31.2 Å². The molecule has 6 rings (SSSR count). The maximum Gasteiger partial charge on any atom is 0.201 e. The topological polar surface area (TPSA) is 92.4 Å². The molecule has 2 bridgehead atoms. The van der Waals surface area contributed by atoms with E-state index in [1.54, 1.807) is 0 Å². The predicted octanol–water partition coefficient (Wildman–Crippen LogP) is 3.27. The molecule has 1 aliphatic carbocycles. The number of nitrogens with two attached hydrogens (primary N) is 1. The Morgan fingerprint density at radius 3 is 2.68 bits per heavy atom. The molecule has 5 fully saturated rings. The van der Waals surface area contributed by atoms with Crippen LogP contribution in [0, 0.1) is 23.7 Å². The molecular formula is C24H35NO6. The van der Waals surface area contributed by atoms with Gasteiger partial charge in [0.15, 0.2) is 18.2 Å². The van der Waals surface area contributed by atoms with Crippen molar-refractivity contribution in [1.82, 2.24) is 0 Å². The van der Waals surface area contributed by atoms with Gasteiger partial charge in [-0.05, 0) is 43.6 Å². The van der Waals surface area contributed by atoms with Gasteiger partial charge in [0.25, 0.3) is 0 Å². The van der Waals surface area contributed by atoms with Gasteiger partial charge >= 0.3 is 0 Å². The first-order chi connectivity index (χ1) is 14.8. The fraction of sp³-hybridized carbons (Fsp3) is 0.750. The van der Waals surface area contributed by atoms with Crippen molar-refractivity contribution in [3.63, 3.8) is 0 Å². The molecule has 0 aromatic heterocycles. The van der Waals surface area contributed by atoms with Gasteiger partial charge in [-0.15, -0.1) is 0 Å². The average molecular weight is 434 g/mol. The second-order valence-electron chi connectivity index (χ2n) is 10.1. The van der Waals surface area contributed by atoms with Crippen LogP contribution in [0.1, 0.15) is 58.1 Å². The van der Waals surface area contributed by atoms with Crippen molar-refractivity contribution in [2.45, 2.75) is 82.6 Å². The molecular weight excluding hydrogens is 398 g/mol. The fourth-order valence-corrected chi connectivity index (χ4v) is 6.26. The molecule has 3 N–H and O–H groups in total. The molecule has 3 unspecified atom stereocenters. The SMILES string of the molecule is C[C@@H]1CC[C@H]2[C@@H](C)C(OCC(O)C(N)c3ccccc3)O[C@@H]3O[C@]4(C)CC[C@@H]1[C@]32OO4. The van der Waals surface area contributed by atoms with Crippen molar-refractivity contribution in [1.29, 1.82) is 0 Å². The van der Waals surface area contributed by atoms with Crippen LogP contribution >= 0.6 is 0 Å². The predicted molar refractivity (Wildman–Crippen MR) is 112 cm³/mol. The van der Waals surface area contributed by atoms with Crippen molar-refractivity contribution in [3.8, 4) is 0 Å². The van der Waals surface area contributed by atoms with E-state index in [2.05, 4.69) is 13.8 Å². The van der Waals surface area contributed by atoms with Gasteiger partial charge in [-0.3, -0.25) is 0 Å². The van der Waals surface area contributed by atoms with Crippen molar-refractivity contribution >= 4 is 0 Å². The Labute approximate surface area is 184 Å². The summed E-state index contributed by atoms with van der Waals surface area (Å²) in [5.41, 5.74) is 6.52. The Morgan fingerprint density at radius 1 is 1.13 bits per heavy atom. The van der Waals surface area contributed by atoms with Gasteiger partial charge in [0.05, 0.1) is 18.8 Å². The minimum absolute atomic E-state index is 0.0704. The summed E-state index contributed by atoms with van der Waals surface area (Å²) in [4.78, 5) is 12.0. The van der Waals surface area contributed by atoms with Crippen LogP contribution in [0.4, 0.5) is 0 Å². The molecule has 4 heterocycles. The number of hydrogen-bond acceptors (Lipinski definition) is 7. The highest BCUT2D eigenvalue weighted by atomic mass is 17.3. The first-order valence-corrected chi connectivity index (χ1v) is 11.6. The molecule has 1 aromatic carbocycles. The van der Waals surface area contributed by atoms with E-state index in [-0.39, 0.29) is 18.4 Å². The van der Waals surface area contributed by atoms with E-state index < -0.39 is 36.1 Å². The highest BCUT2D eigenvalue weighted by molar-refractivity contribution is 5.19. The van der Waals surface area contributed by atoms with Crippen LogP contribution in [0.15, 0.2) is 30.3 Å². The summed E-state index contributed by atoms with van der Waals surface area (Å²) in [6.07, 6.45) is 2.04. The Balaban J connectivity index is 1.33. The fourth-order valence-electron chi connectivity index (χ4n) is 6.26. The highest BCUT2D eigenvalue weighted by Crippen LogP contribution is 2.60. The summed E-state index contributed by atoms with van der Waals surface area (Å²) in [5, 5.41) is 10.6. The van der Waals surface area contributed by atoms with Crippen LogP contribution < -0.4 is 5.73 Å². The lowest BCUT2D eigenvalue weighted by Gasteiger charge is -2.60. The minimum atomic E-state index is -0.836. The molecule has 5 aliphatic rings. The van der Waals surface area contributed by atoms with Crippen LogP contribution in [0.25, 0.3) is 0 Å². The lowest BCUT2D eigenvalue weighted by Crippen LogP contribution is -2.70. The van der Waals surface area contributed by atoms with Gasteiger partial charge in [-0.2, -0.15) is 0 Å². The lowest BCUT2D eigenvalue weighted by molar-refractivity contribution is -0.577. The Bertz CT molecular complexity index is 779. The van der Waals surface area contributed by atoms with Crippen LogP contribution in [0.5, 0.6) is 0 Å². The first kappa shape index (κ1) is 21.8. The number of ether oxygens (including phenoxy) is 3. The van der Waals surface area contributed by atoms with E-state index in [9.17, 15) is 5.11 Å². The minimum Gasteiger partial charge on any atom is -0.389 e. The smallest absolute Gasteiger partial charge is 0.201 e. The molecule has 7 heteroatoms. The van der Waals surface area contributed by atoms with Gasteiger partial charge in [0.2, 0.25) is 5.79 Å². The van der Waals surface area contributed by atoms with Crippen molar-refractivity contribution in [2.24, 2.45) is 29.4 Å². The zero-order chi connectivity index (χ0) is 21.8. The molecule has 4 saturated heterocycles. The van der Waals surface area contributed by atoms with E-state index in [1.807, 2.05) is 37.3 Å². The Morgan fingerprint density at radius 2 is 1.90 bits per heavy atom. The number of benzene rings is 1. The molecule has 1 spiro atoms. The number of hydrogen-bond donors (Lipinski definition) is 2. The molecule has 10 atom stereocenters. The number of fused-ring (bicyclic) bond motifs is 2. The third kappa shape index (κ3) is 3.55. The van der Waals surface area contributed by atoms with Gasteiger partial charge in [0, 0.05) is 18.3 Å². The van der Waals surface area contributed by atoms with Gasteiger partial charge in [0.1, 0.15) is 0 Å². The van der Waals surface area contributed by atoms with E-state index in [4.69, 9.17) is 29.7 Å². The molecule has 31 heavy (non-hydrogen) atoms. The molecule has 7 nitrogen and oxygen atoms in total. The van der Waals surface area contributed by atoms with Crippen molar-refractivity contribution in [2.75, 3.05) is 6.61 Å². The van der Waals surface area contributed by atoms with Crippen LogP contribution in [0.3, 0.4) is 0 Å². The summed E-state index contributed by atoms with van der Waals surface area (Å²) in [7, 11) is 0. The number of rotatable bonds is 5. The zero-order valence-electron chi connectivity index (χ0n) is 18.6. The number of aliphatic hydroxyl groups excluding tert-OH is 1. The summed E-state index contributed by atoms with van der Waals surface area (Å²) < 4.78 is 18.9. The molecule has 0 amide bonds. The second kappa shape index (κ2) is 8.06. The van der Waals surface area contributed by atoms with Crippen molar-refractivity contribution in [3.05, 3.63) is 35.9 Å². The number of aliphatic hydroxyl groups is 1. The van der Waals surface area contributed by atoms with Crippen LogP contribution in [-0.4, -0.2) is 41.8 Å². The van der Waals surface area contributed by atoms with E-state index in [1.165, 1.54) is 0 Å². The molecule has 0 radical (unpaired) electrons. The Hall–Kier alpha value is -1.06. The third-order valence-corrected chi connectivity index (χ3v) is 8.13. The van der Waals surface area contributed by atoms with Crippen LogP contribution in [0.2, 0.25) is 0 Å². The van der Waals surface area contributed by atoms with Gasteiger partial charge in [-0.1, -0.05) is 44.2 Å². The molecule has 1 aromatic rings. The van der Waals surface area contributed by atoms with Crippen LogP contribution in [-0.2, 0) is 24.0 Å². The standard InChI is InChI=1S/C24H35NO6/c1-14-9-10-18-15(2)21(27-13-19(26)20(25)16-7-5-4-6-8-16)28-22-24(18)17(14)11-12-23(3,29-22)30-31-24/h4-8,14-15,17-22,26H,9-13,25H2,1-3H3/t14-,15-,17+,18+,19?,20?,21?,22-,23+,24-/m1/s1. The molecule has 1 saturated carbocycles. The monoisotopic (exact) mass is 433 g/mol. The summed E-state index contributed by atoms with van der Waals surface area (Å²) in [6, 6.07) is 9.06.